The van der Waals surface area contributed by atoms with Crippen molar-refractivity contribution in [1.29, 1.82) is 0 Å². The van der Waals surface area contributed by atoms with E-state index in [1.807, 2.05) is 6.92 Å². The SMILES string of the molecule is CC(CCNC(=O)C1(C(N)=S)CCCCC1)S(C)=O. The van der Waals surface area contributed by atoms with Crippen LogP contribution in [0.4, 0.5) is 0 Å². The Morgan fingerprint density at radius 3 is 2.47 bits per heavy atom. The minimum atomic E-state index is -0.851. The molecule has 0 saturated heterocycles. The first-order valence-corrected chi connectivity index (χ1v) is 8.83. The second-order valence-electron chi connectivity index (χ2n) is 5.36. The molecule has 4 nitrogen and oxygen atoms in total. The number of amides is 1. The molecule has 1 aliphatic rings. The maximum Gasteiger partial charge on any atom is 0.233 e. The number of hydrogen-bond acceptors (Lipinski definition) is 3. The van der Waals surface area contributed by atoms with Crippen LogP contribution in [0.15, 0.2) is 0 Å². The summed E-state index contributed by atoms with van der Waals surface area (Å²) in [5.41, 5.74) is 5.15. The van der Waals surface area contributed by atoms with Crippen molar-refractivity contribution in [3.8, 4) is 0 Å². The number of nitrogens with one attached hydrogen (secondary N) is 1. The van der Waals surface area contributed by atoms with Gasteiger partial charge in [-0.3, -0.25) is 9.00 Å². The summed E-state index contributed by atoms with van der Waals surface area (Å²) >= 11 is 5.12. The zero-order chi connectivity index (χ0) is 14.5. The van der Waals surface area contributed by atoms with Gasteiger partial charge in [0.05, 0.1) is 10.4 Å². The zero-order valence-electron chi connectivity index (χ0n) is 11.7. The highest BCUT2D eigenvalue weighted by atomic mass is 32.2. The Kier molecular flexibility index (Phi) is 6.39. The van der Waals surface area contributed by atoms with Gasteiger partial charge in [0, 0.05) is 28.9 Å². The maximum absolute atomic E-state index is 12.4. The summed E-state index contributed by atoms with van der Waals surface area (Å²) in [5, 5.41) is 3.01. The van der Waals surface area contributed by atoms with Crippen molar-refractivity contribution in [3.05, 3.63) is 0 Å². The minimum Gasteiger partial charge on any atom is -0.392 e. The van der Waals surface area contributed by atoms with E-state index in [2.05, 4.69) is 5.32 Å². The average Bonchev–Trinajstić information content (AvgIpc) is 2.38. The summed E-state index contributed by atoms with van der Waals surface area (Å²) in [7, 11) is -0.851. The Balaban J connectivity index is 2.54. The van der Waals surface area contributed by atoms with Crippen LogP contribution in [-0.4, -0.2) is 33.2 Å². The third kappa shape index (κ3) is 4.24. The van der Waals surface area contributed by atoms with Gasteiger partial charge in [0.25, 0.3) is 0 Å². The molecule has 1 aliphatic carbocycles. The Morgan fingerprint density at radius 2 is 2.00 bits per heavy atom. The van der Waals surface area contributed by atoms with Gasteiger partial charge >= 0.3 is 0 Å². The van der Waals surface area contributed by atoms with Crippen molar-refractivity contribution in [2.24, 2.45) is 11.1 Å². The van der Waals surface area contributed by atoms with Crippen LogP contribution in [0.5, 0.6) is 0 Å². The largest absolute Gasteiger partial charge is 0.392 e. The summed E-state index contributed by atoms with van der Waals surface area (Å²) in [5.74, 6) is -0.0474. The molecule has 3 N–H and O–H groups in total. The maximum atomic E-state index is 12.4. The highest BCUT2D eigenvalue weighted by molar-refractivity contribution is 7.84. The second-order valence-corrected chi connectivity index (χ2v) is 7.60. The van der Waals surface area contributed by atoms with Crippen molar-refractivity contribution < 1.29 is 9.00 Å². The lowest BCUT2D eigenvalue weighted by molar-refractivity contribution is -0.128. The number of rotatable bonds is 6. The molecule has 0 aromatic heterocycles. The van der Waals surface area contributed by atoms with Crippen LogP contribution >= 0.6 is 12.2 Å². The molecule has 1 fully saturated rings. The quantitative estimate of drug-likeness (QED) is 0.729. The van der Waals surface area contributed by atoms with Gasteiger partial charge in [0.2, 0.25) is 5.91 Å². The lowest BCUT2D eigenvalue weighted by Gasteiger charge is -2.34. The molecule has 0 aromatic rings. The molecule has 19 heavy (non-hydrogen) atoms. The fourth-order valence-electron chi connectivity index (χ4n) is 2.46. The molecule has 6 heteroatoms. The van der Waals surface area contributed by atoms with E-state index >= 15 is 0 Å². The van der Waals surface area contributed by atoms with Gasteiger partial charge in [0.15, 0.2) is 0 Å². The molecule has 0 radical (unpaired) electrons. The molecule has 0 spiro atoms. The van der Waals surface area contributed by atoms with Crippen molar-refractivity contribution in [1.82, 2.24) is 5.32 Å². The third-order valence-corrected chi connectivity index (χ3v) is 5.78. The van der Waals surface area contributed by atoms with Crippen molar-refractivity contribution in [3.63, 3.8) is 0 Å². The van der Waals surface area contributed by atoms with Gasteiger partial charge in [-0.15, -0.1) is 0 Å². The Bertz CT molecular complexity index is 366. The molecule has 0 heterocycles. The first-order valence-electron chi connectivity index (χ1n) is 6.80. The Morgan fingerprint density at radius 1 is 1.42 bits per heavy atom. The summed E-state index contributed by atoms with van der Waals surface area (Å²) < 4.78 is 11.3. The van der Waals surface area contributed by atoms with Crippen LogP contribution in [-0.2, 0) is 15.6 Å². The van der Waals surface area contributed by atoms with Crippen LogP contribution < -0.4 is 11.1 Å². The van der Waals surface area contributed by atoms with Gasteiger partial charge in [-0.2, -0.15) is 0 Å². The molecule has 110 valence electrons. The van der Waals surface area contributed by atoms with Gasteiger partial charge in [-0.1, -0.05) is 38.4 Å². The van der Waals surface area contributed by atoms with Gasteiger partial charge in [0.1, 0.15) is 0 Å². The minimum absolute atomic E-state index is 0.0474. The average molecular weight is 304 g/mol. The molecule has 0 aromatic carbocycles. The molecule has 1 saturated carbocycles. The van der Waals surface area contributed by atoms with Gasteiger partial charge in [-0.25, -0.2) is 0 Å². The fourth-order valence-corrected chi connectivity index (χ4v) is 3.21. The van der Waals surface area contributed by atoms with Crippen LogP contribution in [0, 0.1) is 5.41 Å². The molecule has 2 unspecified atom stereocenters. The monoisotopic (exact) mass is 304 g/mol. The topological polar surface area (TPSA) is 72.2 Å². The first-order chi connectivity index (χ1) is 8.90. The van der Waals surface area contributed by atoms with E-state index < -0.39 is 16.2 Å². The van der Waals surface area contributed by atoms with E-state index in [1.54, 1.807) is 6.26 Å². The Hall–Kier alpha value is -0.490. The summed E-state index contributed by atoms with van der Waals surface area (Å²) in [4.78, 5) is 12.7. The number of hydrogen-bond donors (Lipinski definition) is 2. The van der Waals surface area contributed by atoms with Crippen LogP contribution in [0.25, 0.3) is 0 Å². The summed E-state index contributed by atoms with van der Waals surface area (Å²) in [6, 6.07) is 0. The third-order valence-electron chi connectivity index (χ3n) is 4.02. The normalized spacial score (nSPS) is 21.4. The summed E-state index contributed by atoms with van der Waals surface area (Å²) in [6.45, 7) is 2.45. The number of carbonyl (C=O) groups is 1. The van der Waals surface area contributed by atoms with E-state index in [-0.39, 0.29) is 11.2 Å². The summed E-state index contributed by atoms with van der Waals surface area (Å²) in [6.07, 6.45) is 7.04. The van der Waals surface area contributed by atoms with Crippen molar-refractivity contribution in [2.45, 2.75) is 50.7 Å². The molecule has 0 bridgehead atoms. The van der Waals surface area contributed by atoms with Crippen molar-refractivity contribution in [2.75, 3.05) is 12.8 Å². The van der Waals surface area contributed by atoms with Crippen LogP contribution in [0.3, 0.4) is 0 Å². The number of thiocarbonyl (C=S) groups is 1. The second kappa shape index (κ2) is 7.33. The van der Waals surface area contributed by atoms with Gasteiger partial charge in [-0.05, 0) is 19.3 Å². The standard InChI is InChI=1S/C13H24N2O2S2/c1-10(19(2)17)6-9-15-12(16)13(11(14)18)7-4-3-5-8-13/h10H,3-9H2,1-2H3,(H2,14,18)(H,15,16). The molecule has 2 atom stereocenters. The zero-order valence-corrected chi connectivity index (χ0v) is 13.4. The van der Waals surface area contributed by atoms with Crippen LogP contribution in [0.2, 0.25) is 0 Å². The Labute approximate surface area is 123 Å². The molecular weight excluding hydrogens is 280 g/mol. The van der Waals surface area contributed by atoms with E-state index in [0.717, 1.165) is 32.1 Å². The lowest BCUT2D eigenvalue weighted by Crippen LogP contribution is -2.50. The smallest absolute Gasteiger partial charge is 0.233 e. The lowest BCUT2D eigenvalue weighted by atomic mass is 9.73. The molecule has 1 amide bonds. The fraction of sp³-hybridized carbons (Fsp3) is 0.846. The number of nitrogens with two attached hydrogens (primary N) is 1. The van der Waals surface area contributed by atoms with E-state index in [9.17, 15) is 9.00 Å². The van der Waals surface area contributed by atoms with Crippen LogP contribution in [0.1, 0.15) is 45.4 Å². The van der Waals surface area contributed by atoms with E-state index in [4.69, 9.17) is 18.0 Å². The predicted octanol–water partition coefficient (Wildman–Crippen LogP) is 1.50. The highest BCUT2D eigenvalue weighted by Gasteiger charge is 2.42. The van der Waals surface area contributed by atoms with Crippen molar-refractivity contribution >= 4 is 33.9 Å². The number of carbonyl (C=O) groups excluding carboxylic acids is 1. The van der Waals surface area contributed by atoms with E-state index in [1.165, 1.54) is 0 Å². The van der Waals surface area contributed by atoms with Gasteiger partial charge < -0.3 is 11.1 Å². The van der Waals surface area contributed by atoms with E-state index in [0.29, 0.717) is 18.0 Å². The molecule has 0 aliphatic heterocycles. The molecule has 1 rings (SSSR count). The highest BCUT2D eigenvalue weighted by Crippen LogP contribution is 2.36. The predicted molar refractivity (Wildman–Crippen MR) is 83.5 cm³/mol. The first kappa shape index (κ1) is 16.6. The molecular formula is C13H24N2O2S2.